The molecule has 0 saturated heterocycles. The Balaban J connectivity index is 1.33. The molecule has 4 rings (SSSR count). The van der Waals surface area contributed by atoms with E-state index in [0.717, 1.165) is 54.9 Å². The fourth-order valence-electron chi connectivity index (χ4n) is 5.05. The minimum Gasteiger partial charge on any atom is -0.496 e. The number of methoxy groups -OCH3 is 2. The van der Waals surface area contributed by atoms with Crippen molar-refractivity contribution in [2.75, 3.05) is 20.8 Å². The maximum atomic E-state index is 10.8. The van der Waals surface area contributed by atoms with E-state index in [4.69, 9.17) is 9.47 Å². The van der Waals surface area contributed by atoms with E-state index in [9.17, 15) is 5.11 Å². The second-order valence-electron chi connectivity index (χ2n) is 8.83. The van der Waals surface area contributed by atoms with Gasteiger partial charge in [0, 0.05) is 29.5 Å². The number of benzene rings is 3. The molecule has 1 aliphatic carbocycles. The van der Waals surface area contributed by atoms with Crippen molar-refractivity contribution in [3.05, 3.63) is 95.1 Å². The Labute approximate surface area is 197 Å². The second-order valence-corrected chi connectivity index (χ2v) is 8.83. The first-order chi connectivity index (χ1) is 16.2. The van der Waals surface area contributed by atoms with E-state index < -0.39 is 6.10 Å². The highest BCUT2D eigenvalue weighted by molar-refractivity contribution is 5.51. The van der Waals surface area contributed by atoms with Crippen LogP contribution in [0.3, 0.4) is 0 Å². The molecule has 4 nitrogen and oxygen atoms in total. The molecule has 0 aromatic heterocycles. The maximum absolute atomic E-state index is 10.8. The number of aliphatic hydroxyl groups excluding tert-OH is 1. The molecule has 0 saturated carbocycles. The number of aliphatic hydroxyl groups is 1. The van der Waals surface area contributed by atoms with Crippen LogP contribution in [-0.2, 0) is 12.8 Å². The molecule has 4 heteroatoms. The first kappa shape index (κ1) is 23.3. The summed E-state index contributed by atoms with van der Waals surface area (Å²) in [5, 5.41) is 14.4. The molecule has 2 N–H and O–H groups in total. The minimum atomic E-state index is -0.431. The lowest BCUT2D eigenvalue weighted by molar-refractivity contribution is 0.117. The van der Waals surface area contributed by atoms with Crippen LogP contribution in [0.25, 0.3) is 0 Å². The standard InChI is InChI=1S/C29H35NO3/c1-32-28-16-17-29(33-2)25-20-27(31)26(19-24(25)28)30-18-10-9-15-23(21-11-5-3-6-12-21)22-13-7-4-8-14-22/h3-8,11-14,16-17,23,26-27,30-31H,9-10,15,18-20H2,1-2H3/t26-,27-/m1/s1. The molecule has 0 spiro atoms. The van der Waals surface area contributed by atoms with Crippen LogP contribution < -0.4 is 14.8 Å². The Kier molecular flexibility index (Phi) is 8.03. The van der Waals surface area contributed by atoms with Gasteiger partial charge in [-0.1, -0.05) is 67.1 Å². The zero-order valence-electron chi connectivity index (χ0n) is 19.7. The summed E-state index contributed by atoms with van der Waals surface area (Å²) >= 11 is 0. The predicted octanol–water partition coefficient (Wildman–Crippen LogP) is 5.12. The molecular weight excluding hydrogens is 410 g/mol. The molecule has 0 unspecified atom stereocenters. The third-order valence-corrected chi connectivity index (χ3v) is 6.82. The normalized spacial score (nSPS) is 17.6. The number of rotatable bonds is 10. The lowest BCUT2D eigenvalue weighted by Gasteiger charge is -2.32. The smallest absolute Gasteiger partial charge is 0.122 e. The summed E-state index contributed by atoms with van der Waals surface area (Å²) in [5.41, 5.74) is 4.96. The Bertz CT molecular complexity index is 967. The van der Waals surface area contributed by atoms with Crippen molar-refractivity contribution < 1.29 is 14.6 Å². The molecule has 3 aromatic rings. The average Bonchev–Trinajstić information content (AvgIpc) is 2.86. The van der Waals surface area contributed by atoms with Gasteiger partial charge < -0.3 is 19.9 Å². The highest BCUT2D eigenvalue weighted by Gasteiger charge is 2.30. The summed E-state index contributed by atoms with van der Waals surface area (Å²) in [6, 6.07) is 25.5. The lowest BCUT2D eigenvalue weighted by Crippen LogP contribution is -2.46. The molecule has 1 aliphatic rings. The second kappa shape index (κ2) is 11.4. The Morgan fingerprint density at radius 1 is 0.788 bits per heavy atom. The van der Waals surface area contributed by atoms with Crippen LogP contribution in [0.5, 0.6) is 11.5 Å². The number of ether oxygens (including phenoxy) is 2. The molecule has 2 atom stereocenters. The fraction of sp³-hybridized carbons (Fsp3) is 0.379. The van der Waals surface area contributed by atoms with Crippen molar-refractivity contribution in [3.63, 3.8) is 0 Å². The van der Waals surface area contributed by atoms with Crippen molar-refractivity contribution in [1.82, 2.24) is 5.32 Å². The number of nitrogens with one attached hydrogen (secondary N) is 1. The van der Waals surface area contributed by atoms with Crippen molar-refractivity contribution in [1.29, 1.82) is 0 Å². The fourth-order valence-corrected chi connectivity index (χ4v) is 5.05. The molecule has 0 radical (unpaired) electrons. The molecular formula is C29H35NO3. The van der Waals surface area contributed by atoms with E-state index in [0.29, 0.717) is 12.3 Å². The first-order valence-electron chi connectivity index (χ1n) is 11.9. The van der Waals surface area contributed by atoms with Crippen molar-refractivity contribution >= 4 is 0 Å². The van der Waals surface area contributed by atoms with Crippen LogP contribution in [0.2, 0.25) is 0 Å². The SMILES string of the molecule is COc1ccc(OC)c2c1C[C@@H](O)[C@H](NCCCCC(c1ccccc1)c1ccccc1)C2. The number of hydrogen-bond donors (Lipinski definition) is 2. The van der Waals surface area contributed by atoms with E-state index in [2.05, 4.69) is 66.0 Å². The highest BCUT2D eigenvalue weighted by Crippen LogP contribution is 2.36. The Hall–Kier alpha value is -2.82. The van der Waals surface area contributed by atoms with Crippen molar-refractivity contribution in [2.24, 2.45) is 0 Å². The van der Waals surface area contributed by atoms with E-state index in [-0.39, 0.29) is 6.04 Å². The molecule has 0 bridgehead atoms. The molecule has 0 fully saturated rings. The number of unbranched alkanes of at least 4 members (excludes halogenated alkanes) is 1. The lowest BCUT2D eigenvalue weighted by atomic mass is 9.84. The summed E-state index contributed by atoms with van der Waals surface area (Å²) in [5.74, 6) is 2.12. The molecule has 0 amide bonds. The van der Waals surface area contributed by atoms with E-state index in [1.807, 2.05) is 12.1 Å². The topological polar surface area (TPSA) is 50.7 Å². The summed E-state index contributed by atoms with van der Waals surface area (Å²) in [7, 11) is 3.38. The monoisotopic (exact) mass is 445 g/mol. The zero-order chi connectivity index (χ0) is 23.0. The quantitative estimate of drug-likeness (QED) is 0.425. The largest absolute Gasteiger partial charge is 0.496 e. The zero-order valence-corrected chi connectivity index (χ0v) is 19.7. The van der Waals surface area contributed by atoms with E-state index in [1.165, 1.54) is 11.1 Å². The van der Waals surface area contributed by atoms with Gasteiger partial charge in [-0.2, -0.15) is 0 Å². The molecule has 0 heterocycles. The van der Waals surface area contributed by atoms with Gasteiger partial charge in [-0.05, 0) is 49.1 Å². The van der Waals surface area contributed by atoms with Gasteiger partial charge in [-0.3, -0.25) is 0 Å². The minimum absolute atomic E-state index is 0.0255. The van der Waals surface area contributed by atoms with Crippen LogP contribution in [-0.4, -0.2) is 38.0 Å². The van der Waals surface area contributed by atoms with Gasteiger partial charge in [-0.15, -0.1) is 0 Å². The van der Waals surface area contributed by atoms with Crippen LogP contribution in [0.15, 0.2) is 72.8 Å². The summed E-state index contributed by atoms with van der Waals surface area (Å²) in [4.78, 5) is 0. The number of fused-ring (bicyclic) bond motifs is 1. The summed E-state index contributed by atoms with van der Waals surface area (Å²) in [6.45, 7) is 0.889. The third kappa shape index (κ3) is 5.58. The Morgan fingerprint density at radius 3 is 1.88 bits per heavy atom. The first-order valence-corrected chi connectivity index (χ1v) is 11.9. The number of hydrogen-bond acceptors (Lipinski definition) is 4. The van der Waals surface area contributed by atoms with E-state index in [1.54, 1.807) is 14.2 Å². The van der Waals surface area contributed by atoms with E-state index >= 15 is 0 Å². The van der Waals surface area contributed by atoms with Gasteiger partial charge in [0.1, 0.15) is 11.5 Å². The highest BCUT2D eigenvalue weighted by atomic mass is 16.5. The molecule has 3 aromatic carbocycles. The van der Waals surface area contributed by atoms with Crippen molar-refractivity contribution in [2.45, 2.75) is 50.2 Å². The van der Waals surface area contributed by atoms with Gasteiger partial charge in [0.15, 0.2) is 0 Å². The van der Waals surface area contributed by atoms with Crippen LogP contribution >= 0.6 is 0 Å². The van der Waals surface area contributed by atoms with Gasteiger partial charge in [-0.25, -0.2) is 0 Å². The van der Waals surface area contributed by atoms with Gasteiger partial charge in [0.05, 0.1) is 20.3 Å². The van der Waals surface area contributed by atoms with Crippen molar-refractivity contribution in [3.8, 4) is 11.5 Å². The maximum Gasteiger partial charge on any atom is 0.122 e. The van der Waals surface area contributed by atoms with Crippen LogP contribution in [0.1, 0.15) is 47.4 Å². The molecule has 0 aliphatic heterocycles. The van der Waals surface area contributed by atoms with Gasteiger partial charge in [0.25, 0.3) is 0 Å². The van der Waals surface area contributed by atoms with Crippen LogP contribution in [0.4, 0.5) is 0 Å². The predicted molar refractivity (Wildman–Crippen MR) is 133 cm³/mol. The molecule has 174 valence electrons. The Morgan fingerprint density at radius 2 is 1.33 bits per heavy atom. The molecule has 33 heavy (non-hydrogen) atoms. The van der Waals surface area contributed by atoms with Gasteiger partial charge >= 0.3 is 0 Å². The van der Waals surface area contributed by atoms with Gasteiger partial charge in [0.2, 0.25) is 0 Å². The van der Waals surface area contributed by atoms with Crippen LogP contribution in [0, 0.1) is 0 Å². The summed E-state index contributed by atoms with van der Waals surface area (Å²) < 4.78 is 11.1. The summed E-state index contributed by atoms with van der Waals surface area (Å²) in [6.07, 6.45) is 4.20. The third-order valence-electron chi connectivity index (χ3n) is 6.82. The average molecular weight is 446 g/mol.